The number of carbonyl (C=O) groups excluding carboxylic acids is 2. The molecule has 0 aliphatic rings. The van der Waals surface area contributed by atoms with Crippen LogP contribution >= 0.6 is 11.3 Å². The summed E-state index contributed by atoms with van der Waals surface area (Å²) in [5.41, 5.74) is 0.793. The van der Waals surface area contributed by atoms with Gasteiger partial charge in [0.1, 0.15) is 11.4 Å². The van der Waals surface area contributed by atoms with E-state index in [-0.39, 0.29) is 18.1 Å². The highest BCUT2D eigenvalue weighted by Gasteiger charge is 2.29. The summed E-state index contributed by atoms with van der Waals surface area (Å²) in [6.45, 7) is 5.14. The fourth-order valence-electron chi connectivity index (χ4n) is 3.10. The number of esters is 1. The van der Waals surface area contributed by atoms with Gasteiger partial charge in [0.15, 0.2) is 5.13 Å². The summed E-state index contributed by atoms with van der Waals surface area (Å²) in [5, 5.41) is 14.2. The van der Waals surface area contributed by atoms with Gasteiger partial charge in [-0.05, 0) is 51.1 Å². The van der Waals surface area contributed by atoms with Crippen molar-refractivity contribution in [2.75, 3.05) is 17.2 Å². The normalized spacial score (nSPS) is 11.6. The first-order valence-electron chi connectivity index (χ1n) is 9.57. The van der Waals surface area contributed by atoms with Gasteiger partial charge in [-0.1, -0.05) is 11.3 Å². The highest BCUT2D eigenvalue weighted by atomic mass is 32.1. The summed E-state index contributed by atoms with van der Waals surface area (Å²) in [7, 11) is 0. The van der Waals surface area contributed by atoms with E-state index in [1.807, 2.05) is 12.1 Å². The van der Waals surface area contributed by atoms with Crippen molar-refractivity contribution in [3.05, 3.63) is 47.9 Å². The zero-order valence-electron chi connectivity index (χ0n) is 17.1. The molecular weight excluding hydrogens is 421 g/mol. The number of carbonyl (C=O) groups is 2. The van der Waals surface area contributed by atoms with E-state index >= 15 is 0 Å². The number of hydrogen-bond donors (Lipinski definition) is 3. The molecule has 160 valence electrons. The SMILES string of the molecule is CCOC(=O)c1cc(NC(C)(C)C(=O)Nc2nc3ccc4[nH]ncc4c3s2)ccc1F. The Morgan fingerprint density at radius 1 is 1.26 bits per heavy atom. The third kappa shape index (κ3) is 4.06. The number of aromatic nitrogens is 3. The van der Waals surface area contributed by atoms with E-state index in [9.17, 15) is 14.0 Å². The number of fused-ring (bicyclic) bond motifs is 3. The lowest BCUT2D eigenvalue weighted by Gasteiger charge is -2.26. The van der Waals surface area contributed by atoms with E-state index in [1.165, 1.54) is 23.5 Å². The molecule has 0 aliphatic heterocycles. The number of H-pyrrole nitrogens is 1. The van der Waals surface area contributed by atoms with Gasteiger partial charge in [-0.2, -0.15) is 5.10 Å². The van der Waals surface area contributed by atoms with Crippen LogP contribution in [-0.4, -0.2) is 39.2 Å². The number of aromatic amines is 1. The van der Waals surface area contributed by atoms with Crippen molar-refractivity contribution < 1.29 is 18.7 Å². The molecule has 0 saturated carbocycles. The number of nitrogens with one attached hydrogen (secondary N) is 3. The average Bonchev–Trinajstić information content (AvgIpc) is 3.35. The molecule has 1 amide bonds. The fraction of sp³-hybridized carbons (Fsp3) is 0.238. The molecule has 2 heterocycles. The van der Waals surface area contributed by atoms with Gasteiger partial charge < -0.3 is 10.1 Å². The molecule has 2 aromatic carbocycles. The maximum atomic E-state index is 14.0. The Morgan fingerprint density at radius 3 is 2.84 bits per heavy atom. The van der Waals surface area contributed by atoms with Crippen LogP contribution in [0.4, 0.5) is 15.2 Å². The minimum absolute atomic E-state index is 0.136. The molecule has 4 aromatic rings. The molecule has 4 rings (SSSR count). The van der Waals surface area contributed by atoms with E-state index in [0.29, 0.717) is 10.8 Å². The average molecular weight is 441 g/mol. The Balaban J connectivity index is 1.53. The predicted molar refractivity (Wildman–Crippen MR) is 118 cm³/mol. The van der Waals surface area contributed by atoms with Crippen molar-refractivity contribution in [3.8, 4) is 0 Å². The molecule has 0 radical (unpaired) electrons. The lowest BCUT2D eigenvalue weighted by molar-refractivity contribution is -0.119. The van der Waals surface area contributed by atoms with Crippen LogP contribution in [0.2, 0.25) is 0 Å². The molecule has 0 unspecified atom stereocenters. The van der Waals surface area contributed by atoms with Crippen molar-refractivity contribution in [1.29, 1.82) is 0 Å². The van der Waals surface area contributed by atoms with E-state index in [4.69, 9.17) is 4.74 Å². The first kappa shape index (κ1) is 20.7. The molecule has 0 aliphatic carbocycles. The maximum absolute atomic E-state index is 14.0. The van der Waals surface area contributed by atoms with E-state index in [1.54, 1.807) is 27.0 Å². The number of amides is 1. The molecule has 8 nitrogen and oxygen atoms in total. The van der Waals surface area contributed by atoms with Crippen molar-refractivity contribution in [1.82, 2.24) is 15.2 Å². The Morgan fingerprint density at radius 2 is 2.06 bits per heavy atom. The standard InChI is InChI=1S/C21H20FN5O3S/c1-4-30-18(28)12-9-11(5-6-14(12)22)26-21(2,3)19(29)25-20-24-16-8-7-15-13(10-23-27-15)17(16)31-20/h5-10,26H,4H2,1-3H3,(H,23,27)(H,24,25,29). The number of nitrogens with zero attached hydrogens (tertiary/aromatic N) is 2. The minimum atomic E-state index is -1.08. The summed E-state index contributed by atoms with van der Waals surface area (Å²) < 4.78 is 19.8. The molecule has 0 saturated heterocycles. The van der Waals surface area contributed by atoms with Crippen LogP contribution in [0, 0.1) is 5.82 Å². The molecule has 0 spiro atoms. The maximum Gasteiger partial charge on any atom is 0.341 e. The summed E-state index contributed by atoms with van der Waals surface area (Å²) >= 11 is 1.35. The minimum Gasteiger partial charge on any atom is -0.462 e. The Hall–Kier alpha value is -3.53. The molecule has 0 fully saturated rings. The van der Waals surface area contributed by atoms with Gasteiger partial charge in [-0.3, -0.25) is 15.2 Å². The van der Waals surface area contributed by atoms with Crippen molar-refractivity contribution in [2.24, 2.45) is 0 Å². The van der Waals surface area contributed by atoms with Crippen molar-refractivity contribution in [2.45, 2.75) is 26.3 Å². The van der Waals surface area contributed by atoms with E-state index in [2.05, 4.69) is 25.8 Å². The van der Waals surface area contributed by atoms with Crippen LogP contribution in [0.3, 0.4) is 0 Å². The Bertz CT molecular complexity index is 1300. The van der Waals surface area contributed by atoms with Gasteiger partial charge in [-0.25, -0.2) is 14.2 Å². The first-order valence-corrected chi connectivity index (χ1v) is 10.4. The van der Waals surface area contributed by atoms with E-state index < -0.39 is 17.3 Å². The number of hydrogen-bond acceptors (Lipinski definition) is 7. The number of thiazole rings is 1. The first-order chi connectivity index (χ1) is 14.8. The van der Waals surface area contributed by atoms with Gasteiger partial charge in [-0.15, -0.1) is 0 Å². The van der Waals surface area contributed by atoms with Crippen molar-refractivity contribution >= 4 is 55.2 Å². The van der Waals surface area contributed by atoms with Crippen LogP contribution in [0.25, 0.3) is 21.1 Å². The second kappa shape index (κ2) is 7.95. The molecule has 2 aromatic heterocycles. The predicted octanol–water partition coefficient (Wildman–Crippen LogP) is 4.32. The summed E-state index contributed by atoms with van der Waals surface area (Å²) in [6.07, 6.45) is 1.72. The number of anilines is 2. The monoisotopic (exact) mass is 441 g/mol. The second-order valence-corrected chi connectivity index (χ2v) is 8.38. The summed E-state index contributed by atoms with van der Waals surface area (Å²) in [4.78, 5) is 29.3. The number of halogens is 1. The summed E-state index contributed by atoms with van der Waals surface area (Å²) in [5.74, 6) is -1.78. The highest BCUT2D eigenvalue weighted by molar-refractivity contribution is 7.23. The van der Waals surface area contributed by atoms with Gasteiger partial charge in [0.25, 0.3) is 5.91 Å². The van der Waals surface area contributed by atoms with Crippen LogP contribution < -0.4 is 10.6 Å². The van der Waals surface area contributed by atoms with Crippen LogP contribution in [0.5, 0.6) is 0 Å². The van der Waals surface area contributed by atoms with Gasteiger partial charge in [0.05, 0.1) is 34.1 Å². The van der Waals surface area contributed by atoms with Crippen molar-refractivity contribution in [3.63, 3.8) is 0 Å². The fourth-order valence-corrected chi connectivity index (χ4v) is 4.07. The molecule has 3 N–H and O–H groups in total. The van der Waals surface area contributed by atoms with Gasteiger partial charge >= 0.3 is 5.97 Å². The van der Waals surface area contributed by atoms with E-state index in [0.717, 1.165) is 27.2 Å². The zero-order chi connectivity index (χ0) is 22.2. The lowest BCUT2D eigenvalue weighted by atomic mass is 10.0. The van der Waals surface area contributed by atoms with Crippen LogP contribution in [0.1, 0.15) is 31.1 Å². The quantitative estimate of drug-likeness (QED) is 0.385. The molecule has 31 heavy (non-hydrogen) atoms. The molecule has 0 atom stereocenters. The van der Waals surface area contributed by atoms with Gasteiger partial charge in [0, 0.05) is 11.1 Å². The third-order valence-electron chi connectivity index (χ3n) is 4.68. The zero-order valence-corrected chi connectivity index (χ0v) is 17.9. The molecule has 0 bridgehead atoms. The topological polar surface area (TPSA) is 109 Å². The third-order valence-corrected chi connectivity index (χ3v) is 5.70. The largest absolute Gasteiger partial charge is 0.462 e. The number of rotatable bonds is 6. The number of ether oxygens (including phenoxy) is 1. The summed E-state index contributed by atoms with van der Waals surface area (Å²) in [6, 6.07) is 7.69. The van der Waals surface area contributed by atoms with Gasteiger partial charge in [0.2, 0.25) is 0 Å². The molecule has 10 heteroatoms. The van der Waals surface area contributed by atoms with Crippen LogP contribution in [0.15, 0.2) is 36.5 Å². The number of benzene rings is 2. The smallest absolute Gasteiger partial charge is 0.341 e. The highest BCUT2D eigenvalue weighted by Crippen LogP contribution is 2.32. The Kier molecular flexibility index (Phi) is 5.32. The molecular formula is C21H20FN5O3S. The van der Waals surface area contributed by atoms with Crippen LogP contribution in [-0.2, 0) is 9.53 Å². The second-order valence-electron chi connectivity index (χ2n) is 7.38. The lowest BCUT2D eigenvalue weighted by Crippen LogP contribution is -2.44. The Labute approximate surface area is 180 Å².